The molecule has 0 saturated carbocycles. The van der Waals surface area contributed by atoms with Crippen LogP contribution >= 0.6 is 0 Å². The number of fused-ring (bicyclic) bond motifs is 1. The molecule has 2 atom stereocenters. The van der Waals surface area contributed by atoms with Crippen molar-refractivity contribution < 1.29 is 19.1 Å². The quantitative estimate of drug-likeness (QED) is 0.658. The second-order valence-corrected chi connectivity index (χ2v) is 7.01. The minimum Gasteiger partial charge on any atom is -0.483 e. The molecule has 148 valence electrons. The van der Waals surface area contributed by atoms with E-state index >= 15 is 0 Å². The van der Waals surface area contributed by atoms with Crippen molar-refractivity contribution in [3.8, 4) is 5.75 Å². The van der Waals surface area contributed by atoms with E-state index in [1.54, 1.807) is 6.07 Å². The lowest BCUT2D eigenvalue weighted by Crippen LogP contribution is -2.43. The third kappa shape index (κ3) is 5.32. The molecule has 2 N–H and O–H groups in total. The van der Waals surface area contributed by atoms with Gasteiger partial charge in [0.15, 0.2) is 6.61 Å². The summed E-state index contributed by atoms with van der Waals surface area (Å²) in [7, 11) is 0. The number of hydrogen-bond acceptors (Lipinski definition) is 5. The van der Waals surface area contributed by atoms with Crippen molar-refractivity contribution in [3.05, 3.63) is 39.7 Å². The highest BCUT2D eigenvalue weighted by molar-refractivity contribution is 5.88. The molecule has 2 rings (SSSR count). The Labute approximate surface area is 159 Å². The lowest BCUT2D eigenvalue weighted by atomic mass is 10.00. The average Bonchev–Trinajstić information content (AvgIpc) is 2.63. The summed E-state index contributed by atoms with van der Waals surface area (Å²) in [5.41, 5.74) is 1.81. The normalized spacial score (nSPS) is 13.4. The van der Waals surface area contributed by atoms with E-state index in [2.05, 4.69) is 5.32 Å². The number of benzene rings is 1. The first-order valence-electron chi connectivity index (χ1n) is 9.49. The van der Waals surface area contributed by atoms with E-state index in [1.165, 1.54) is 6.07 Å². The number of rotatable bonds is 9. The largest absolute Gasteiger partial charge is 0.483 e. The molecule has 6 heteroatoms. The van der Waals surface area contributed by atoms with Crippen molar-refractivity contribution >= 4 is 16.9 Å². The van der Waals surface area contributed by atoms with E-state index in [4.69, 9.17) is 9.15 Å². The van der Waals surface area contributed by atoms with E-state index in [9.17, 15) is 14.7 Å². The SMILES string of the molecule is CCCc1cc(=O)oc2cc(C)cc(OCC(=O)N[C@H](CO)[C@H](C)CC)c12. The van der Waals surface area contributed by atoms with E-state index < -0.39 is 0 Å². The molecule has 0 aliphatic rings. The molecule has 0 radical (unpaired) electrons. The maximum absolute atomic E-state index is 12.3. The third-order valence-electron chi connectivity index (χ3n) is 4.79. The zero-order valence-electron chi connectivity index (χ0n) is 16.5. The predicted octanol–water partition coefficient (Wildman–Crippen LogP) is 2.96. The van der Waals surface area contributed by atoms with Gasteiger partial charge in [0.2, 0.25) is 0 Å². The molecule has 0 aliphatic heterocycles. The summed E-state index contributed by atoms with van der Waals surface area (Å²) in [6.07, 6.45) is 2.45. The van der Waals surface area contributed by atoms with Gasteiger partial charge in [0, 0.05) is 6.07 Å². The van der Waals surface area contributed by atoms with Crippen molar-refractivity contribution in [2.45, 2.75) is 53.0 Å². The molecular formula is C21H29NO5. The molecule has 0 saturated heterocycles. The lowest BCUT2D eigenvalue weighted by Gasteiger charge is -2.22. The second-order valence-electron chi connectivity index (χ2n) is 7.01. The van der Waals surface area contributed by atoms with Gasteiger partial charge >= 0.3 is 5.63 Å². The van der Waals surface area contributed by atoms with Gasteiger partial charge in [-0.3, -0.25) is 4.79 Å². The van der Waals surface area contributed by atoms with Gasteiger partial charge in [-0.25, -0.2) is 4.79 Å². The highest BCUT2D eigenvalue weighted by Crippen LogP contribution is 2.30. The molecule has 6 nitrogen and oxygen atoms in total. The topological polar surface area (TPSA) is 88.8 Å². The van der Waals surface area contributed by atoms with Crippen molar-refractivity contribution in [2.24, 2.45) is 5.92 Å². The van der Waals surface area contributed by atoms with Crippen LogP contribution in [0.4, 0.5) is 0 Å². The van der Waals surface area contributed by atoms with Crippen LogP contribution in [0.25, 0.3) is 11.0 Å². The minimum absolute atomic E-state index is 0.111. The molecule has 0 spiro atoms. The van der Waals surface area contributed by atoms with E-state index in [1.807, 2.05) is 33.8 Å². The van der Waals surface area contributed by atoms with Gasteiger partial charge in [-0.1, -0.05) is 33.6 Å². The standard InChI is InChI=1S/C21H29NO5/c1-5-7-15-10-20(25)27-18-9-13(3)8-17(21(15)18)26-12-19(24)22-16(11-23)14(4)6-2/h8-10,14,16,23H,5-7,11-12H2,1-4H3,(H,22,24)/t14-,16-/m1/s1. The maximum Gasteiger partial charge on any atom is 0.336 e. The summed E-state index contributed by atoms with van der Waals surface area (Å²) in [6, 6.07) is 4.83. The average molecular weight is 375 g/mol. The first-order chi connectivity index (χ1) is 12.9. The van der Waals surface area contributed by atoms with Crippen molar-refractivity contribution in [3.63, 3.8) is 0 Å². The third-order valence-corrected chi connectivity index (χ3v) is 4.79. The fourth-order valence-corrected chi connectivity index (χ4v) is 3.09. The van der Waals surface area contributed by atoms with Crippen LogP contribution in [0.2, 0.25) is 0 Å². The Morgan fingerprint density at radius 1 is 1.30 bits per heavy atom. The summed E-state index contributed by atoms with van der Waals surface area (Å²) >= 11 is 0. The lowest BCUT2D eigenvalue weighted by molar-refractivity contribution is -0.124. The Kier molecular flexibility index (Phi) is 7.42. The van der Waals surface area contributed by atoms with Gasteiger partial charge in [-0.2, -0.15) is 0 Å². The highest BCUT2D eigenvalue weighted by Gasteiger charge is 2.18. The molecule has 1 aromatic heterocycles. The van der Waals surface area contributed by atoms with Crippen LogP contribution in [0.15, 0.2) is 27.4 Å². The van der Waals surface area contributed by atoms with Crippen LogP contribution in [0, 0.1) is 12.8 Å². The number of aliphatic hydroxyl groups is 1. The summed E-state index contributed by atoms with van der Waals surface area (Å²) < 4.78 is 11.1. The first-order valence-corrected chi connectivity index (χ1v) is 9.49. The minimum atomic E-state index is -0.389. The summed E-state index contributed by atoms with van der Waals surface area (Å²) in [6.45, 7) is 7.62. The van der Waals surface area contributed by atoms with Crippen LogP contribution in [-0.4, -0.2) is 30.3 Å². The molecule has 0 aliphatic carbocycles. The molecule has 1 amide bonds. The fourth-order valence-electron chi connectivity index (χ4n) is 3.09. The zero-order chi connectivity index (χ0) is 20.0. The number of carbonyl (C=O) groups excluding carboxylic acids is 1. The number of carbonyl (C=O) groups is 1. The number of amides is 1. The Balaban J connectivity index is 2.25. The maximum atomic E-state index is 12.3. The smallest absolute Gasteiger partial charge is 0.336 e. The zero-order valence-corrected chi connectivity index (χ0v) is 16.5. The summed E-state index contributed by atoms with van der Waals surface area (Å²) in [5, 5.41) is 13.0. The van der Waals surface area contributed by atoms with E-state index in [0.717, 1.165) is 29.4 Å². The second kappa shape index (κ2) is 9.55. The van der Waals surface area contributed by atoms with Crippen LogP contribution < -0.4 is 15.7 Å². The van der Waals surface area contributed by atoms with E-state index in [0.29, 0.717) is 17.8 Å². The van der Waals surface area contributed by atoms with E-state index in [-0.39, 0.29) is 36.7 Å². The van der Waals surface area contributed by atoms with Gasteiger partial charge in [-0.05, 0) is 42.5 Å². The monoisotopic (exact) mass is 375 g/mol. The Hall–Kier alpha value is -2.34. The van der Waals surface area contributed by atoms with Gasteiger partial charge < -0.3 is 19.6 Å². The number of aryl methyl sites for hydroxylation is 2. The van der Waals surface area contributed by atoms with Crippen molar-refractivity contribution in [1.29, 1.82) is 0 Å². The molecule has 1 heterocycles. The Morgan fingerprint density at radius 2 is 2.04 bits per heavy atom. The van der Waals surface area contributed by atoms with Gasteiger partial charge in [0.1, 0.15) is 11.3 Å². The molecule has 0 fully saturated rings. The van der Waals surface area contributed by atoms with Crippen molar-refractivity contribution in [2.75, 3.05) is 13.2 Å². The molecule has 0 unspecified atom stereocenters. The highest BCUT2D eigenvalue weighted by atomic mass is 16.5. The first kappa shape index (κ1) is 21.0. The predicted molar refractivity (Wildman–Crippen MR) is 105 cm³/mol. The van der Waals surface area contributed by atoms with Gasteiger partial charge in [0.25, 0.3) is 5.91 Å². The Bertz CT molecular complexity index is 842. The number of hydrogen-bond donors (Lipinski definition) is 2. The molecular weight excluding hydrogens is 346 g/mol. The van der Waals surface area contributed by atoms with Crippen LogP contribution in [0.5, 0.6) is 5.75 Å². The van der Waals surface area contributed by atoms with Crippen LogP contribution in [-0.2, 0) is 11.2 Å². The molecule has 1 aromatic carbocycles. The van der Waals surface area contributed by atoms with Gasteiger partial charge in [-0.15, -0.1) is 0 Å². The number of ether oxygens (including phenoxy) is 1. The number of nitrogens with one attached hydrogen (secondary N) is 1. The van der Waals surface area contributed by atoms with Crippen LogP contribution in [0.3, 0.4) is 0 Å². The summed E-state index contributed by atoms with van der Waals surface area (Å²) in [5.74, 6) is 0.402. The Morgan fingerprint density at radius 3 is 2.67 bits per heavy atom. The summed E-state index contributed by atoms with van der Waals surface area (Å²) in [4.78, 5) is 24.1. The molecule has 2 aromatic rings. The van der Waals surface area contributed by atoms with Crippen LogP contribution in [0.1, 0.15) is 44.7 Å². The fraction of sp³-hybridized carbons (Fsp3) is 0.524. The van der Waals surface area contributed by atoms with Gasteiger partial charge in [0.05, 0.1) is 18.0 Å². The molecule has 27 heavy (non-hydrogen) atoms. The molecule has 0 bridgehead atoms. The number of aliphatic hydroxyl groups excluding tert-OH is 1. The van der Waals surface area contributed by atoms with Crippen molar-refractivity contribution in [1.82, 2.24) is 5.32 Å².